The molecule has 0 saturated heterocycles. The van der Waals surface area contributed by atoms with Crippen LogP contribution in [0.1, 0.15) is 46.9 Å². The van der Waals surface area contributed by atoms with E-state index in [9.17, 15) is 5.11 Å². The number of phenols is 1. The number of halogens is 1. The zero-order chi connectivity index (χ0) is 22.0. The monoisotopic (exact) mass is 435 g/mol. The van der Waals surface area contributed by atoms with Gasteiger partial charge in [-0.2, -0.15) is 0 Å². The van der Waals surface area contributed by atoms with Crippen molar-refractivity contribution in [3.8, 4) is 11.5 Å². The van der Waals surface area contributed by atoms with Gasteiger partial charge in [0.2, 0.25) is 0 Å². The van der Waals surface area contributed by atoms with Gasteiger partial charge < -0.3 is 20.5 Å². The molecule has 5 heteroatoms. The molecule has 4 rings (SSSR count). The van der Waals surface area contributed by atoms with Crippen LogP contribution in [0.25, 0.3) is 5.70 Å². The number of aryl methyl sites for hydroxylation is 2. The zero-order valence-electron chi connectivity index (χ0n) is 18.0. The minimum absolute atomic E-state index is 0.00331. The molecule has 0 bridgehead atoms. The van der Waals surface area contributed by atoms with E-state index in [-0.39, 0.29) is 18.0 Å². The molecule has 3 aromatic carbocycles. The molecule has 160 valence electrons. The Hall–Kier alpha value is -2.95. The lowest BCUT2D eigenvalue weighted by Crippen LogP contribution is -2.90. The van der Waals surface area contributed by atoms with Crippen LogP contribution >= 0.6 is 11.6 Å². The Labute approximate surface area is 188 Å². The fourth-order valence-corrected chi connectivity index (χ4v) is 4.27. The van der Waals surface area contributed by atoms with Gasteiger partial charge in [-0.05, 0) is 56.2 Å². The summed E-state index contributed by atoms with van der Waals surface area (Å²) < 4.78 is 5.62. The highest BCUT2D eigenvalue weighted by molar-refractivity contribution is 6.30. The molecule has 1 aliphatic heterocycles. The maximum absolute atomic E-state index is 10.9. The number of quaternary nitrogens is 1. The first-order valence-corrected chi connectivity index (χ1v) is 10.9. The van der Waals surface area contributed by atoms with Gasteiger partial charge >= 0.3 is 0 Å². The molecule has 0 aliphatic carbocycles. The van der Waals surface area contributed by atoms with Crippen LogP contribution in [0.15, 0.2) is 66.7 Å². The van der Waals surface area contributed by atoms with E-state index >= 15 is 0 Å². The van der Waals surface area contributed by atoms with Gasteiger partial charge in [0.05, 0.1) is 12.2 Å². The molecule has 3 aromatic rings. The van der Waals surface area contributed by atoms with Crippen molar-refractivity contribution in [2.75, 3.05) is 6.61 Å². The topological polar surface area (TPSA) is 58.1 Å². The Morgan fingerprint density at radius 3 is 2.52 bits per heavy atom. The highest BCUT2D eigenvalue weighted by atomic mass is 35.5. The molecule has 4 N–H and O–H groups in total. The molecule has 0 fully saturated rings. The standard InChI is InChI=1S/C26H27ClN2O2/c1-4-31-24-7-5-6-21(25(24)30)23-15-22(18-9-11-19(27)12-10-18)28-26(29-23)20-13-8-16(2)14-17(20)3/h5-15,23,26,28-30H,4H2,1-3H3/p+1. The molecule has 2 unspecified atom stereocenters. The third kappa shape index (κ3) is 4.55. The summed E-state index contributed by atoms with van der Waals surface area (Å²) in [6.45, 7) is 6.66. The smallest absolute Gasteiger partial charge is 0.186 e. The van der Waals surface area contributed by atoms with E-state index in [1.807, 2.05) is 43.3 Å². The highest BCUT2D eigenvalue weighted by Crippen LogP contribution is 2.35. The Bertz CT molecular complexity index is 1110. The SMILES string of the molecule is CCOc1cccc(C2C=C(c3ccc(Cl)cc3)NC(c3ccc(C)cc3C)[NH2+]2)c1O. The normalized spacial score (nSPS) is 18.3. The summed E-state index contributed by atoms with van der Waals surface area (Å²) in [4.78, 5) is 0. The molecule has 1 aliphatic rings. The number of rotatable bonds is 5. The van der Waals surface area contributed by atoms with E-state index in [4.69, 9.17) is 16.3 Å². The van der Waals surface area contributed by atoms with Crippen molar-refractivity contribution in [3.63, 3.8) is 0 Å². The Balaban J connectivity index is 1.78. The van der Waals surface area contributed by atoms with Crippen molar-refractivity contribution < 1.29 is 15.2 Å². The number of phenolic OH excluding ortho intramolecular Hbond substituents is 1. The van der Waals surface area contributed by atoms with Crippen LogP contribution < -0.4 is 15.4 Å². The first-order valence-electron chi connectivity index (χ1n) is 10.6. The highest BCUT2D eigenvalue weighted by Gasteiger charge is 2.31. The third-order valence-corrected chi connectivity index (χ3v) is 5.91. The van der Waals surface area contributed by atoms with Gasteiger partial charge in [0.15, 0.2) is 17.7 Å². The van der Waals surface area contributed by atoms with Crippen LogP contribution in [0.4, 0.5) is 0 Å². The van der Waals surface area contributed by atoms with Crippen molar-refractivity contribution in [2.45, 2.75) is 33.0 Å². The van der Waals surface area contributed by atoms with E-state index in [0.29, 0.717) is 17.4 Å². The molecule has 1 heterocycles. The summed E-state index contributed by atoms with van der Waals surface area (Å²) in [7, 11) is 0. The summed E-state index contributed by atoms with van der Waals surface area (Å²) in [6.07, 6.45) is 2.14. The third-order valence-electron chi connectivity index (χ3n) is 5.66. The summed E-state index contributed by atoms with van der Waals surface area (Å²) in [6, 6.07) is 19.9. The summed E-state index contributed by atoms with van der Waals surface area (Å²) in [5.41, 5.74) is 6.58. The Morgan fingerprint density at radius 2 is 1.81 bits per heavy atom. The Morgan fingerprint density at radius 1 is 1.03 bits per heavy atom. The predicted octanol–water partition coefficient (Wildman–Crippen LogP) is 5.01. The van der Waals surface area contributed by atoms with Crippen molar-refractivity contribution in [2.24, 2.45) is 0 Å². The lowest BCUT2D eigenvalue weighted by Gasteiger charge is -2.31. The molecule has 31 heavy (non-hydrogen) atoms. The van der Waals surface area contributed by atoms with Gasteiger partial charge in [0.1, 0.15) is 6.04 Å². The first kappa shape index (κ1) is 21.3. The molecule has 0 saturated carbocycles. The maximum atomic E-state index is 10.9. The molecule has 0 aromatic heterocycles. The average molecular weight is 436 g/mol. The van der Waals surface area contributed by atoms with Gasteiger partial charge in [-0.3, -0.25) is 0 Å². The molecular weight excluding hydrogens is 408 g/mol. The number of nitrogens with two attached hydrogens (primary N) is 1. The quantitative estimate of drug-likeness (QED) is 0.528. The van der Waals surface area contributed by atoms with E-state index in [0.717, 1.165) is 16.8 Å². The average Bonchev–Trinajstić information content (AvgIpc) is 2.75. The number of para-hydroxylation sites is 1. The fraction of sp³-hybridized carbons (Fsp3) is 0.231. The molecular formula is C26H28ClN2O2+. The van der Waals surface area contributed by atoms with Crippen molar-refractivity contribution in [1.29, 1.82) is 0 Å². The maximum Gasteiger partial charge on any atom is 0.186 e. The predicted molar refractivity (Wildman–Crippen MR) is 125 cm³/mol. The lowest BCUT2D eigenvalue weighted by atomic mass is 9.96. The van der Waals surface area contributed by atoms with Crippen LogP contribution in [0.5, 0.6) is 11.5 Å². The number of hydrogen-bond donors (Lipinski definition) is 3. The van der Waals surface area contributed by atoms with Gasteiger partial charge in [0, 0.05) is 22.4 Å². The van der Waals surface area contributed by atoms with Crippen LogP contribution in [0.3, 0.4) is 0 Å². The summed E-state index contributed by atoms with van der Waals surface area (Å²) in [5, 5.41) is 17.5. The summed E-state index contributed by atoms with van der Waals surface area (Å²) in [5.74, 6) is 0.704. The number of nitrogens with one attached hydrogen (secondary N) is 1. The summed E-state index contributed by atoms with van der Waals surface area (Å²) >= 11 is 6.11. The van der Waals surface area contributed by atoms with E-state index in [2.05, 4.69) is 48.8 Å². The van der Waals surface area contributed by atoms with Gasteiger partial charge in [-0.25, -0.2) is 0 Å². The van der Waals surface area contributed by atoms with E-state index in [1.54, 1.807) is 6.07 Å². The molecule has 0 radical (unpaired) electrons. The minimum Gasteiger partial charge on any atom is -0.504 e. The van der Waals surface area contributed by atoms with Gasteiger partial charge in [-0.1, -0.05) is 53.6 Å². The van der Waals surface area contributed by atoms with E-state index in [1.165, 1.54) is 16.7 Å². The molecule has 2 atom stereocenters. The number of hydrogen-bond acceptors (Lipinski definition) is 3. The first-order chi connectivity index (χ1) is 15.0. The second-order valence-corrected chi connectivity index (χ2v) is 8.35. The number of aromatic hydroxyl groups is 1. The van der Waals surface area contributed by atoms with Crippen LogP contribution in [-0.4, -0.2) is 11.7 Å². The van der Waals surface area contributed by atoms with Gasteiger partial charge in [-0.15, -0.1) is 0 Å². The molecule has 0 amide bonds. The largest absolute Gasteiger partial charge is 0.504 e. The molecule has 0 spiro atoms. The van der Waals surface area contributed by atoms with Crippen LogP contribution in [0.2, 0.25) is 5.02 Å². The minimum atomic E-state index is -0.0852. The fourth-order valence-electron chi connectivity index (χ4n) is 4.14. The zero-order valence-corrected chi connectivity index (χ0v) is 18.8. The van der Waals surface area contributed by atoms with Crippen molar-refractivity contribution in [3.05, 3.63) is 99.6 Å². The Kier molecular flexibility index (Phi) is 6.21. The lowest BCUT2D eigenvalue weighted by molar-refractivity contribution is -0.731. The number of ether oxygens (including phenoxy) is 1. The number of benzene rings is 3. The second kappa shape index (κ2) is 9.04. The van der Waals surface area contributed by atoms with Gasteiger partial charge in [0.25, 0.3) is 0 Å². The van der Waals surface area contributed by atoms with E-state index < -0.39 is 0 Å². The van der Waals surface area contributed by atoms with Crippen LogP contribution in [-0.2, 0) is 0 Å². The van der Waals surface area contributed by atoms with Crippen molar-refractivity contribution in [1.82, 2.24) is 5.32 Å². The molecule has 4 nitrogen and oxygen atoms in total. The van der Waals surface area contributed by atoms with Crippen LogP contribution in [0, 0.1) is 13.8 Å². The van der Waals surface area contributed by atoms with Crippen molar-refractivity contribution >= 4 is 17.3 Å². The second-order valence-electron chi connectivity index (χ2n) is 7.91.